The van der Waals surface area contributed by atoms with Gasteiger partial charge < -0.3 is 25.3 Å². The zero-order valence-electron chi connectivity index (χ0n) is 17.2. The first-order valence-corrected chi connectivity index (χ1v) is 12.0. The molecular formula is C20H20N4O6S2. The van der Waals surface area contributed by atoms with Crippen molar-refractivity contribution in [3.05, 3.63) is 42.5 Å². The van der Waals surface area contributed by atoms with Crippen molar-refractivity contribution >= 4 is 39.0 Å². The summed E-state index contributed by atoms with van der Waals surface area (Å²) in [6, 6.07) is 11.0. The highest BCUT2D eigenvalue weighted by Crippen LogP contribution is 2.35. The van der Waals surface area contributed by atoms with Gasteiger partial charge in [-0.25, -0.2) is 13.1 Å². The second kappa shape index (κ2) is 8.63. The normalized spacial score (nSPS) is 12.6. The molecule has 168 valence electrons. The van der Waals surface area contributed by atoms with E-state index in [0.29, 0.717) is 22.9 Å². The third-order valence-electron chi connectivity index (χ3n) is 4.70. The summed E-state index contributed by atoms with van der Waals surface area (Å²) >= 11 is 1.13. The molecule has 1 amide bonds. The van der Waals surface area contributed by atoms with Crippen molar-refractivity contribution in [1.29, 1.82) is 0 Å². The summed E-state index contributed by atoms with van der Waals surface area (Å²) in [7, 11) is -2.47. The van der Waals surface area contributed by atoms with Crippen LogP contribution in [-0.4, -0.2) is 44.3 Å². The largest absolute Gasteiger partial charge is 0.497 e. The number of carbonyl (C=O) groups is 1. The summed E-state index contributed by atoms with van der Waals surface area (Å²) in [5, 5.41) is 7.16. The van der Waals surface area contributed by atoms with Crippen molar-refractivity contribution in [2.45, 2.75) is 21.4 Å². The van der Waals surface area contributed by atoms with E-state index in [2.05, 4.69) is 10.4 Å². The van der Waals surface area contributed by atoms with Gasteiger partial charge in [-0.15, -0.1) is 11.8 Å². The topological polar surface area (TPSA) is 135 Å². The lowest BCUT2D eigenvalue weighted by molar-refractivity contribution is -0.116. The number of ether oxygens (including phenoxy) is 3. The minimum atomic E-state index is -3.96. The Hall–Kier alpha value is -3.38. The van der Waals surface area contributed by atoms with Gasteiger partial charge in [-0.2, -0.15) is 5.10 Å². The summed E-state index contributed by atoms with van der Waals surface area (Å²) in [5.74, 6) is 1.10. The summed E-state index contributed by atoms with van der Waals surface area (Å²) in [6.07, 6.45) is 1.69. The first-order chi connectivity index (χ1) is 15.3. The van der Waals surface area contributed by atoms with E-state index in [0.717, 1.165) is 11.8 Å². The number of nitrogens with one attached hydrogen (secondary N) is 1. The van der Waals surface area contributed by atoms with E-state index in [1.807, 2.05) is 0 Å². The van der Waals surface area contributed by atoms with E-state index in [-0.39, 0.29) is 34.0 Å². The lowest BCUT2D eigenvalue weighted by Gasteiger charge is -2.08. The van der Waals surface area contributed by atoms with Crippen LogP contribution in [-0.2, 0) is 21.2 Å². The molecule has 0 spiro atoms. The van der Waals surface area contributed by atoms with E-state index in [9.17, 15) is 13.2 Å². The predicted molar refractivity (Wildman–Crippen MR) is 118 cm³/mol. The van der Waals surface area contributed by atoms with Gasteiger partial charge in [0.25, 0.3) is 0 Å². The van der Waals surface area contributed by atoms with Crippen LogP contribution < -0.4 is 25.3 Å². The van der Waals surface area contributed by atoms with Gasteiger partial charge in [0.2, 0.25) is 22.5 Å². The fourth-order valence-electron chi connectivity index (χ4n) is 3.13. The Labute approximate surface area is 188 Å². The smallest absolute Gasteiger partial charge is 0.246 e. The van der Waals surface area contributed by atoms with Gasteiger partial charge in [-0.05, 0) is 42.7 Å². The Balaban J connectivity index is 1.58. The number of thioether (sulfide) groups is 1. The molecule has 0 aliphatic carbocycles. The number of benzene rings is 2. The Morgan fingerprint density at radius 1 is 1.22 bits per heavy atom. The van der Waals surface area contributed by atoms with Crippen LogP contribution in [0, 0.1) is 0 Å². The molecule has 0 saturated heterocycles. The van der Waals surface area contributed by atoms with Gasteiger partial charge in [0.15, 0.2) is 11.5 Å². The molecule has 1 aliphatic heterocycles. The molecule has 1 aliphatic rings. The number of sulfone groups is 1. The van der Waals surface area contributed by atoms with Crippen LogP contribution in [0.25, 0.3) is 0 Å². The SMILES string of the molecule is COc1ccc(S(=O)(=O)c2c(SC)nn(CC(=O)Nc3ccc4c(c3)OCO4)c2N)cc1. The number of nitrogen functional groups attached to an aromatic ring is 1. The molecule has 0 atom stereocenters. The second-order valence-electron chi connectivity index (χ2n) is 6.68. The van der Waals surface area contributed by atoms with Gasteiger partial charge in [-0.3, -0.25) is 4.79 Å². The van der Waals surface area contributed by atoms with E-state index in [4.69, 9.17) is 19.9 Å². The van der Waals surface area contributed by atoms with Crippen LogP contribution in [0.3, 0.4) is 0 Å². The molecule has 0 fully saturated rings. The molecule has 0 radical (unpaired) electrons. The van der Waals surface area contributed by atoms with Crippen molar-refractivity contribution in [3.8, 4) is 17.2 Å². The molecule has 2 aromatic carbocycles. The number of rotatable bonds is 7. The molecule has 10 nitrogen and oxygen atoms in total. The summed E-state index contributed by atoms with van der Waals surface area (Å²) < 4.78 is 43.2. The molecule has 0 unspecified atom stereocenters. The predicted octanol–water partition coefficient (Wildman–Crippen LogP) is 2.40. The molecule has 3 N–H and O–H groups in total. The van der Waals surface area contributed by atoms with Crippen LogP contribution in [0.15, 0.2) is 57.3 Å². The number of nitrogens with zero attached hydrogens (tertiary/aromatic N) is 2. The Morgan fingerprint density at radius 2 is 1.94 bits per heavy atom. The number of methoxy groups -OCH3 is 1. The van der Waals surface area contributed by atoms with Crippen LogP contribution in [0.1, 0.15) is 0 Å². The monoisotopic (exact) mass is 476 g/mol. The molecule has 32 heavy (non-hydrogen) atoms. The molecule has 1 aromatic heterocycles. The number of fused-ring (bicyclic) bond motifs is 1. The minimum Gasteiger partial charge on any atom is -0.497 e. The molecule has 12 heteroatoms. The van der Waals surface area contributed by atoms with Crippen LogP contribution in [0.2, 0.25) is 0 Å². The van der Waals surface area contributed by atoms with Crippen molar-refractivity contribution in [1.82, 2.24) is 9.78 Å². The zero-order valence-corrected chi connectivity index (χ0v) is 18.8. The third kappa shape index (κ3) is 4.06. The average Bonchev–Trinajstić information content (AvgIpc) is 3.37. The van der Waals surface area contributed by atoms with Crippen molar-refractivity contribution in [2.24, 2.45) is 0 Å². The fraction of sp³-hybridized carbons (Fsp3) is 0.200. The quantitative estimate of drug-likeness (QED) is 0.493. The maximum Gasteiger partial charge on any atom is 0.246 e. The minimum absolute atomic E-state index is 0.0460. The second-order valence-corrected chi connectivity index (χ2v) is 9.36. The third-order valence-corrected chi connectivity index (χ3v) is 7.33. The van der Waals surface area contributed by atoms with Crippen molar-refractivity contribution < 1.29 is 27.4 Å². The molecule has 4 rings (SSSR count). The van der Waals surface area contributed by atoms with Crippen LogP contribution in [0.4, 0.5) is 11.5 Å². The lowest BCUT2D eigenvalue weighted by Crippen LogP contribution is -2.21. The van der Waals surface area contributed by atoms with Gasteiger partial charge in [0.1, 0.15) is 28.0 Å². The van der Waals surface area contributed by atoms with Gasteiger partial charge in [0, 0.05) is 11.8 Å². The number of hydrogen-bond acceptors (Lipinski definition) is 9. The first-order valence-electron chi connectivity index (χ1n) is 9.32. The summed E-state index contributed by atoms with van der Waals surface area (Å²) in [6.45, 7) is -0.147. The summed E-state index contributed by atoms with van der Waals surface area (Å²) in [4.78, 5) is 12.5. The highest BCUT2D eigenvalue weighted by atomic mass is 32.2. The number of nitrogens with two attached hydrogens (primary N) is 1. The maximum absolute atomic E-state index is 13.2. The Morgan fingerprint density at radius 3 is 2.62 bits per heavy atom. The van der Waals surface area contributed by atoms with E-state index in [1.165, 1.54) is 23.9 Å². The Kier molecular flexibility index (Phi) is 5.89. The molecule has 0 bridgehead atoms. The highest BCUT2D eigenvalue weighted by molar-refractivity contribution is 7.99. The fourth-order valence-corrected chi connectivity index (χ4v) is 5.56. The standard InChI is InChI=1S/C20H20N4O6S2/c1-28-13-4-6-14(7-5-13)32(26,27)18-19(21)24(23-20(18)31-2)10-17(25)22-12-3-8-15-16(9-12)30-11-29-15/h3-9H,10-11,21H2,1-2H3,(H,22,25). The maximum atomic E-state index is 13.2. The Bertz CT molecular complexity index is 1270. The first kappa shape index (κ1) is 21.8. The van der Waals surface area contributed by atoms with E-state index in [1.54, 1.807) is 36.6 Å². The summed E-state index contributed by atoms with van der Waals surface area (Å²) in [5.41, 5.74) is 6.64. The van der Waals surface area contributed by atoms with Crippen molar-refractivity contribution in [2.75, 3.05) is 31.2 Å². The molecule has 0 saturated carbocycles. The van der Waals surface area contributed by atoms with Crippen molar-refractivity contribution in [3.63, 3.8) is 0 Å². The molecule has 3 aromatic rings. The lowest BCUT2D eigenvalue weighted by atomic mass is 10.3. The van der Waals surface area contributed by atoms with E-state index >= 15 is 0 Å². The number of anilines is 2. The van der Waals surface area contributed by atoms with Crippen LogP contribution in [0.5, 0.6) is 17.2 Å². The molecule has 2 heterocycles. The number of hydrogen-bond donors (Lipinski definition) is 2. The van der Waals surface area contributed by atoms with Gasteiger partial charge in [-0.1, -0.05) is 0 Å². The number of amides is 1. The molecular weight excluding hydrogens is 456 g/mol. The number of aromatic nitrogens is 2. The van der Waals surface area contributed by atoms with Gasteiger partial charge in [0.05, 0.1) is 12.0 Å². The average molecular weight is 477 g/mol. The highest BCUT2D eigenvalue weighted by Gasteiger charge is 2.29. The zero-order chi connectivity index (χ0) is 22.9. The van der Waals surface area contributed by atoms with Gasteiger partial charge >= 0.3 is 0 Å². The van der Waals surface area contributed by atoms with Crippen LogP contribution >= 0.6 is 11.8 Å². The number of carbonyl (C=O) groups excluding carboxylic acids is 1. The van der Waals surface area contributed by atoms with E-state index < -0.39 is 15.7 Å².